The van der Waals surface area contributed by atoms with E-state index in [9.17, 15) is 13.2 Å². The fraction of sp³-hybridized carbons (Fsp3) is 0.667. The van der Waals surface area contributed by atoms with Gasteiger partial charge in [0.1, 0.15) is 10.6 Å². The highest BCUT2D eigenvalue weighted by atomic mass is 35.5. The van der Waals surface area contributed by atoms with Gasteiger partial charge in [-0.05, 0) is 37.9 Å². The molecule has 7 nitrogen and oxygen atoms in total. The highest BCUT2D eigenvalue weighted by Crippen LogP contribution is 2.24. The lowest BCUT2D eigenvalue weighted by molar-refractivity contribution is 0.0955. The third-order valence-electron chi connectivity index (χ3n) is 4.33. The van der Waals surface area contributed by atoms with Gasteiger partial charge in [0.15, 0.2) is 0 Å². The van der Waals surface area contributed by atoms with Crippen LogP contribution in [0.25, 0.3) is 0 Å². The Morgan fingerprint density at radius 2 is 1.96 bits per heavy atom. The highest BCUT2D eigenvalue weighted by molar-refractivity contribution is 7.89. The first-order valence-electron chi connectivity index (χ1n) is 7.99. The Bertz CT molecular complexity index is 652. The molecule has 24 heavy (non-hydrogen) atoms. The van der Waals surface area contributed by atoms with Crippen LogP contribution in [0, 0.1) is 5.92 Å². The molecule has 1 aromatic rings. The molecule has 1 aliphatic rings. The molecule has 0 atom stereocenters. The monoisotopic (exact) mass is 378 g/mol. The summed E-state index contributed by atoms with van der Waals surface area (Å²) in [5.41, 5.74) is 0.341. The van der Waals surface area contributed by atoms with E-state index in [0.29, 0.717) is 24.7 Å². The fourth-order valence-electron chi connectivity index (χ4n) is 2.88. The van der Waals surface area contributed by atoms with Crippen LogP contribution in [-0.2, 0) is 17.1 Å². The molecular formula is C15H27ClN4O3S. The number of nitrogens with zero attached hydrogens (tertiary/aromatic N) is 2. The molecule has 2 rings (SSSR count). The van der Waals surface area contributed by atoms with Crippen molar-refractivity contribution in [2.75, 3.05) is 33.2 Å². The quantitative estimate of drug-likeness (QED) is 0.767. The van der Waals surface area contributed by atoms with Crippen LogP contribution in [0.4, 0.5) is 0 Å². The molecule has 1 saturated heterocycles. The molecule has 2 heterocycles. The van der Waals surface area contributed by atoms with E-state index in [4.69, 9.17) is 0 Å². The summed E-state index contributed by atoms with van der Waals surface area (Å²) in [6.07, 6.45) is 3.23. The highest BCUT2D eigenvalue weighted by Gasteiger charge is 2.30. The number of piperidine rings is 1. The number of nitrogens with one attached hydrogen (secondary N) is 2. The maximum atomic E-state index is 12.7. The number of carbonyl (C=O) groups excluding carboxylic acids is 1. The average molecular weight is 379 g/mol. The number of amides is 1. The van der Waals surface area contributed by atoms with Gasteiger partial charge in [-0.2, -0.15) is 4.31 Å². The molecule has 138 valence electrons. The van der Waals surface area contributed by atoms with E-state index in [1.807, 2.05) is 0 Å². The van der Waals surface area contributed by atoms with Gasteiger partial charge in [-0.1, -0.05) is 6.92 Å². The third-order valence-corrected chi connectivity index (χ3v) is 6.20. The molecule has 1 fully saturated rings. The van der Waals surface area contributed by atoms with Gasteiger partial charge < -0.3 is 15.2 Å². The molecule has 9 heteroatoms. The molecule has 0 spiro atoms. The van der Waals surface area contributed by atoms with Crippen molar-refractivity contribution in [2.45, 2.75) is 24.7 Å². The molecule has 0 aliphatic carbocycles. The summed E-state index contributed by atoms with van der Waals surface area (Å²) in [6.45, 7) is 5.01. The van der Waals surface area contributed by atoms with Crippen molar-refractivity contribution in [2.24, 2.45) is 13.0 Å². The summed E-state index contributed by atoms with van der Waals surface area (Å²) >= 11 is 0. The zero-order valence-corrected chi connectivity index (χ0v) is 16.0. The maximum absolute atomic E-state index is 12.7. The smallest absolute Gasteiger partial charge is 0.267 e. The van der Waals surface area contributed by atoms with Crippen LogP contribution in [0.1, 0.15) is 30.3 Å². The number of halogens is 1. The minimum Gasteiger partial charge on any atom is -0.354 e. The maximum Gasteiger partial charge on any atom is 0.267 e. The Morgan fingerprint density at radius 3 is 2.50 bits per heavy atom. The van der Waals surface area contributed by atoms with E-state index in [-0.39, 0.29) is 23.2 Å². The molecule has 1 aromatic heterocycles. The minimum atomic E-state index is -3.54. The summed E-state index contributed by atoms with van der Waals surface area (Å²) in [5, 5.41) is 5.83. The normalized spacial score (nSPS) is 16.6. The molecule has 2 N–H and O–H groups in total. The van der Waals surface area contributed by atoms with Crippen LogP contribution in [0.3, 0.4) is 0 Å². The number of sulfonamides is 1. The molecule has 1 aliphatic heterocycles. The van der Waals surface area contributed by atoms with Crippen molar-refractivity contribution < 1.29 is 13.2 Å². The number of hydrogen-bond donors (Lipinski definition) is 2. The predicted octanol–water partition coefficient (Wildman–Crippen LogP) is 0.817. The molecule has 1 amide bonds. The SMILES string of the molecule is CCNCC1CCN(S(=O)(=O)c2cc(C(=O)NC)n(C)c2)CC1.Cl. The lowest BCUT2D eigenvalue weighted by Gasteiger charge is -2.31. The molecular weight excluding hydrogens is 352 g/mol. The van der Waals surface area contributed by atoms with Crippen LogP contribution >= 0.6 is 12.4 Å². The lowest BCUT2D eigenvalue weighted by Crippen LogP contribution is -2.40. The summed E-state index contributed by atoms with van der Waals surface area (Å²) in [6, 6.07) is 1.44. The summed E-state index contributed by atoms with van der Waals surface area (Å²) in [5.74, 6) is 0.233. The largest absolute Gasteiger partial charge is 0.354 e. The van der Waals surface area contributed by atoms with Crippen LogP contribution in [0.15, 0.2) is 17.2 Å². The van der Waals surface area contributed by atoms with E-state index in [2.05, 4.69) is 17.6 Å². The predicted molar refractivity (Wildman–Crippen MR) is 96.1 cm³/mol. The van der Waals surface area contributed by atoms with Crippen molar-refractivity contribution >= 4 is 28.3 Å². The first-order chi connectivity index (χ1) is 10.9. The topological polar surface area (TPSA) is 83.4 Å². The second-order valence-corrected chi connectivity index (χ2v) is 7.84. The van der Waals surface area contributed by atoms with E-state index >= 15 is 0 Å². The summed E-state index contributed by atoms with van der Waals surface area (Å²) < 4.78 is 28.6. The number of aryl methyl sites for hydroxylation is 1. The van der Waals surface area contributed by atoms with E-state index < -0.39 is 10.0 Å². The Morgan fingerprint density at radius 1 is 1.33 bits per heavy atom. The Labute approximate surface area is 150 Å². The summed E-state index contributed by atoms with van der Waals surface area (Å²) in [4.78, 5) is 11.9. The van der Waals surface area contributed by atoms with Crippen LogP contribution in [-0.4, -0.2) is 56.4 Å². The van der Waals surface area contributed by atoms with E-state index in [0.717, 1.165) is 25.9 Å². The second-order valence-electron chi connectivity index (χ2n) is 5.91. The Hall–Kier alpha value is -1.09. The molecule has 0 aromatic carbocycles. The van der Waals surface area contributed by atoms with Gasteiger partial charge in [0.25, 0.3) is 5.91 Å². The van der Waals surface area contributed by atoms with Crippen molar-refractivity contribution in [3.05, 3.63) is 18.0 Å². The zero-order valence-electron chi connectivity index (χ0n) is 14.4. The minimum absolute atomic E-state index is 0. The van der Waals surface area contributed by atoms with Crippen molar-refractivity contribution in [3.63, 3.8) is 0 Å². The Balaban J connectivity index is 0.00000288. The number of rotatable bonds is 6. The van der Waals surface area contributed by atoms with Gasteiger partial charge in [-0.3, -0.25) is 4.79 Å². The van der Waals surface area contributed by atoms with Crippen molar-refractivity contribution in [1.29, 1.82) is 0 Å². The molecule has 0 bridgehead atoms. The van der Waals surface area contributed by atoms with Gasteiger partial charge in [-0.25, -0.2) is 8.42 Å². The van der Waals surface area contributed by atoms with Crippen LogP contribution in [0.2, 0.25) is 0 Å². The standard InChI is InChI=1S/C15H26N4O3S.ClH/c1-4-17-10-12-5-7-19(8-6-12)23(21,22)13-9-14(15(20)16-2)18(3)11-13;/h9,11-12,17H,4-8,10H2,1-3H3,(H,16,20);1H. The fourth-order valence-corrected chi connectivity index (χ4v) is 4.42. The van der Waals surface area contributed by atoms with Crippen LogP contribution in [0.5, 0.6) is 0 Å². The summed E-state index contributed by atoms with van der Waals surface area (Å²) in [7, 11) is -0.338. The van der Waals surface area contributed by atoms with Gasteiger partial charge in [0.2, 0.25) is 10.0 Å². The van der Waals surface area contributed by atoms with Crippen LogP contribution < -0.4 is 10.6 Å². The third kappa shape index (κ3) is 4.50. The number of carbonyl (C=O) groups is 1. The number of hydrogen-bond acceptors (Lipinski definition) is 4. The first-order valence-corrected chi connectivity index (χ1v) is 9.43. The van der Waals surface area contributed by atoms with E-state index in [1.165, 1.54) is 23.6 Å². The van der Waals surface area contributed by atoms with Gasteiger partial charge in [0, 0.05) is 33.4 Å². The zero-order chi connectivity index (χ0) is 17.0. The Kier molecular flexibility index (Phi) is 7.72. The van der Waals surface area contributed by atoms with Gasteiger partial charge >= 0.3 is 0 Å². The van der Waals surface area contributed by atoms with Gasteiger partial charge in [0.05, 0.1) is 0 Å². The number of aromatic nitrogens is 1. The van der Waals surface area contributed by atoms with E-state index in [1.54, 1.807) is 11.6 Å². The first kappa shape index (κ1) is 21.0. The molecule has 0 radical (unpaired) electrons. The molecule has 0 saturated carbocycles. The van der Waals surface area contributed by atoms with Crippen molar-refractivity contribution in [3.8, 4) is 0 Å². The second kappa shape index (κ2) is 8.84. The molecule has 0 unspecified atom stereocenters. The lowest BCUT2D eigenvalue weighted by atomic mass is 9.98. The average Bonchev–Trinajstić information content (AvgIpc) is 2.95. The van der Waals surface area contributed by atoms with Crippen molar-refractivity contribution in [1.82, 2.24) is 19.5 Å². The van der Waals surface area contributed by atoms with Gasteiger partial charge in [-0.15, -0.1) is 12.4 Å².